The Morgan fingerprint density at radius 2 is 1.95 bits per heavy atom. The maximum atomic E-state index is 15.5. The van der Waals surface area contributed by atoms with Crippen molar-refractivity contribution in [3.8, 4) is 22.8 Å². The van der Waals surface area contributed by atoms with Crippen LogP contribution >= 0.6 is 23.4 Å². The lowest BCUT2D eigenvalue weighted by Gasteiger charge is -2.37. The van der Waals surface area contributed by atoms with Crippen molar-refractivity contribution in [2.75, 3.05) is 31.0 Å². The van der Waals surface area contributed by atoms with Crippen molar-refractivity contribution in [1.82, 2.24) is 14.7 Å². The first-order chi connectivity index (χ1) is 17.8. The van der Waals surface area contributed by atoms with E-state index in [1.807, 2.05) is 11.9 Å². The Bertz CT molecular complexity index is 1540. The number of rotatable bonds is 6. The number of hydrogen-bond donors (Lipinski definition) is 1. The van der Waals surface area contributed by atoms with E-state index < -0.39 is 38.2 Å². The molecular weight excluding hydrogens is 572 g/mol. The molecule has 9 nitrogen and oxygen atoms in total. The number of thioether (sulfide) groups is 1. The molecule has 0 amide bonds. The Morgan fingerprint density at radius 1 is 1.21 bits per heavy atom. The van der Waals surface area contributed by atoms with Crippen molar-refractivity contribution < 1.29 is 30.7 Å². The highest BCUT2D eigenvalue weighted by Crippen LogP contribution is 2.47. The summed E-state index contributed by atoms with van der Waals surface area (Å²) in [6.07, 6.45) is -3.19. The number of ether oxygens (including phenoxy) is 1. The van der Waals surface area contributed by atoms with Gasteiger partial charge in [-0.05, 0) is 37.4 Å². The Kier molecular flexibility index (Phi) is 6.84. The first kappa shape index (κ1) is 26.7. The van der Waals surface area contributed by atoms with Crippen molar-refractivity contribution in [1.29, 1.82) is 0 Å². The van der Waals surface area contributed by atoms with Crippen LogP contribution in [0, 0.1) is 5.82 Å². The van der Waals surface area contributed by atoms with Crippen LogP contribution in [0.25, 0.3) is 11.3 Å². The average molecular weight is 591 g/mol. The van der Waals surface area contributed by atoms with E-state index in [-0.39, 0.29) is 34.0 Å². The minimum atomic E-state index is -4.65. The molecule has 38 heavy (non-hydrogen) atoms. The van der Waals surface area contributed by atoms with Gasteiger partial charge >= 0.3 is 6.18 Å². The fraction of sp³-hybridized carbons (Fsp3) is 0.273. The number of benzene rings is 2. The molecule has 2 N–H and O–H groups in total. The molecule has 16 heteroatoms. The van der Waals surface area contributed by atoms with Crippen LogP contribution in [-0.4, -0.2) is 54.7 Å². The number of alkyl halides is 3. The summed E-state index contributed by atoms with van der Waals surface area (Å²) in [5, 5.41) is 14.3. The van der Waals surface area contributed by atoms with E-state index in [0.29, 0.717) is 18.8 Å². The van der Waals surface area contributed by atoms with Gasteiger partial charge in [0.15, 0.2) is 11.6 Å². The maximum Gasteiger partial charge on any atom is 0.416 e. The number of primary sulfonamides is 1. The zero-order chi connectivity index (χ0) is 27.4. The first-order valence-electron chi connectivity index (χ1n) is 10.9. The van der Waals surface area contributed by atoms with Gasteiger partial charge in [-0.25, -0.2) is 23.0 Å². The molecular formula is C22H19ClF4N6O3S2. The monoisotopic (exact) mass is 590 g/mol. The standard InChI is InChI=1S/C22H19ClF4N6O3S2/c1-31-8-13(9-31)33-16(4-5-29-33)14-6-12(22(25,26)27)2-3-17(14)36-21-15(23)7-18(38(28,34)35)19(24)20(21)32-11-37-10-30-32/h2-7,10,13H,8-9,11H2,1H3,(H2,28,34,35). The second kappa shape index (κ2) is 9.72. The quantitative estimate of drug-likeness (QED) is 0.413. The molecule has 3 heterocycles. The summed E-state index contributed by atoms with van der Waals surface area (Å²) in [6.45, 7) is 1.29. The highest BCUT2D eigenvalue weighted by atomic mass is 35.5. The van der Waals surface area contributed by atoms with Gasteiger partial charge in [-0.1, -0.05) is 23.4 Å². The summed E-state index contributed by atoms with van der Waals surface area (Å²) in [5.74, 6) is -1.59. The number of hydrazone groups is 1. The van der Waals surface area contributed by atoms with Gasteiger partial charge in [0.1, 0.15) is 16.3 Å². The summed E-state index contributed by atoms with van der Waals surface area (Å²) in [5.41, 5.74) is 0.421. The zero-order valence-corrected chi connectivity index (χ0v) is 21.9. The molecule has 2 aromatic carbocycles. The van der Waals surface area contributed by atoms with Crippen molar-refractivity contribution in [3.63, 3.8) is 0 Å². The molecule has 0 aliphatic carbocycles. The molecule has 1 saturated heterocycles. The number of aromatic nitrogens is 2. The SMILES string of the molecule is CN1CC(n2nccc2-c2cc(C(F)(F)F)ccc2Oc2c(Cl)cc(S(N)(=O)=O)c(F)c2N2CSC=N2)C1. The highest BCUT2D eigenvalue weighted by molar-refractivity contribution is 8.12. The van der Waals surface area contributed by atoms with Crippen molar-refractivity contribution in [2.45, 2.75) is 17.1 Å². The van der Waals surface area contributed by atoms with Gasteiger partial charge in [-0.3, -0.25) is 4.68 Å². The molecule has 3 aromatic rings. The molecule has 1 aromatic heterocycles. The van der Waals surface area contributed by atoms with Gasteiger partial charge in [0.25, 0.3) is 0 Å². The highest BCUT2D eigenvalue weighted by Gasteiger charge is 2.34. The fourth-order valence-electron chi connectivity index (χ4n) is 4.20. The van der Waals surface area contributed by atoms with Gasteiger partial charge in [0, 0.05) is 24.8 Å². The van der Waals surface area contributed by atoms with Crippen molar-refractivity contribution >= 4 is 44.6 Å². The maximum absolute atomic E-state index is 15.5. The van der Waals surface area contributed by atoms with E-state index in [4.69, 9.17) is 21.5 Å². The molecule has 0 unspecified atom stereocenters. The lowest BCUT2D eigenvalue weighted by atomic mass is 10.0. The van der Waals surface area contributed by atoms with Gasteiger partial charge in [-0.15, -0.1) is 0 Å². The normalized spacial score (nSPS) is 16.8. The molecule has 5 rings (SSSR count). The van der Waals surface area contributed by atoms with Crippen LogP contribution in [0.5, 0.6) is 11.5 Å². The first-order valence-corrected chi connectivity index (χ1v) is 13.9. The third-order valence-electron chi connectivity index (χ3n) is 5.99. The average Bonchev–Trinajstić information content (AvgIpc) is 3.50. The molecule has 2 aliphatic rings. The van der Waals surface area contributed by atoms with Crippen LogP contribution in [0.1, 0.15) is 11.6 Å². The molecule has 202 valence electrons. The summed E-state index contributed by atoms with van der Waals surface area (Å²) >= 11 is 7.54. The van der Waals surface area contributed by atoms with Gasteiger partial charge in [0.2, 0.25) is 10.0 Å². The summed E-state index contributed by atoms with van der Waals surface area (Å²) in [4.78, 5) is 1.15. The summed E-state index contributed by atoms with van der Waals surface area (Å²) in [7, 11) is -2.62. The van der Waals surface area contributed by atoms with Crippen LogP contribution in [0.4, 0.5) is 23.2 Å². The minimum Gasteiger partial charge on any atom is -0.453 e. The predicted octanol–water partition coefficient (Wildman–Crippen LogP) is 4.74. The van der Waals surface area contributed by atoms with Crippen molar-refractivity contribution in [3.05, 3.63) is 52.9 Å². The Balaban J connectivity index is 1.68. The van der Waals surface area contributed by atoms with Gasteiger partial charge < -0.3 is 9.64 Å². The Hall–Kier alpha value is -2.85. The fourth-order valence-corrected chi connectivity index (χ4v) is 5.72. The lowest BCUT2D eigenvalue weighted by Crippen LogP contribution is -2.45. The molecule has 0 spiro atoms. The smallest absolute Gasteiger partial charge is 0.416 e. The topological polar surface area (TPSA) is 106 Å². The van der Waals surface area contributed by atoms with Crippen LogP contribution in [0.3, 0.4) is 0 Å². The number of nitrogens with two attached hydrogens (primary N) is 1. The molecule has 0 radical (unpaired) electrons. The van der Waals surface area contributed by atoms with Crippen LogP contribution < -0.4 is 14.9 Å². The Morgan fingerprint density at radius 3 is 2.55 bits per heavy atom. The van der Waals surface area contributed by atoms with Gasteiger partial charge in [0.05, 0.1) is 33.7 Å². The van der Waals surface area contributed by atoms with E-state index in [9.17, 15) is 21.6 Å². The zero-order valence-electron chi connectivity index (χ0n) is 19.5. The van der Waals surface area contributed by atoms with Crippen LogP contribution in [-0.2, 0) is 16.2 Å². The number of sulfonamides is 1. The molecule has 0 bridgehead atoms. The van der Waals surface area contributed by atoms with E-state index in [0.717, 1.165) is 29.3 Å². The van der Waals surface area contributed by atoms with E-state index in [1.165, 1.54) is 23.5 Å². The van der Waals surface area contributed by atoms with E-state index >= 15 is 4.39 Å². The molecule has 0 saturated carbocycles. The number of nitrogens with zero attached hydrogens (tertiary/aromatic N) is 5. The Labute approximate surface area is 223 Å². The minimum absolute atomic E-state index is 0.0316. The molecule has 0 atom stereocenters. The lowest BCUT2D eigenvalue weighted by molar-refractivity contribution is -0.137. The van der Waals surface area contributed by atoms with E-state index in [1.54, 1.807) is 10.7 Å². The van der Waals surface area contributed by atoms with Gasteiger partial charge in [-0.2, -0.15) is 23.4 Å². The molecule has 2 aliphatic heterocycles. The molecule has 1 fully saturated rings. The van der Waals surface area contributed by atoms with E-state index in [2.05, 4.69) is 10.2 Å². The van der Waals surface area contributed by atoms with Crippen LogP contribution in [0.2, 0.25) is 5.02 Å². The summed E-state index contributed by atoms with van der Waals surface area (Å²) in [6, 6.07) is 5.09. The third-order valence-corrected chi connectivity index (χ3v) is 7.82. The number of halogens is 5. The van der Waals surface area contributed by atoms with Crippen molar-refractivity contribution in [2.24, 2.45) is 10.2 Å². The predicted molar refractivity (Wildman–Crippen MR) is 135 cm³/mol. The largest absolute Gasteiger partial charge is 0.453 e. The number of likely N-dealkylation sites (N-methyl/N-ethyl adjacent to an activating group) is 1. The second-order valence-corrected chi connectivity index (χ2v) is 11.4. The second-order valence-electron chi connectivity index (χ2n) is 8.66. The third kappa shape index (κ3) is 4.96. The number of likely N-dealkylation sites (tertiary alicyclic amines) is 1. The van der Waals surface area contributed by atoms with Crippen LogP contribution in [0.15, 0.2) is 46.5 Å². The summed E-state index contributed by atoms with van der Waals surface area (Å²) < 4.78 is 88.1. The number of hydrogen-bond acceptors (Lipinski definition) is 8. The number of anilines is 1.